The fourth-order valence-electron chi connectivity index (χ4n) is 2.71. The molecule has 0 saturated heterocycles. The van der Waals surface area contributed by atoms with Crippen molar-refractivity contribution in [3.63, 3.8) is 0 Å². The van der Waals surface area contributed by atoms with E-state index in [0.29, 0.717) is 22.0 Å². The normalized spacial score (nSPS) is 11.0. The fraction of sp³-hybridized carbons (Fsp3) is 0. The van der Waals surface area contributed by atoms with Crippen molar-refractivity contribution < 1.29 is 9.90 Å². The number of fused-ring (bicyclic) bond motifs is 1. The van der Waals surface area contributed by atoms with Crippen molar-refractivity contribution in [3.05, 3.63) is 70.0 Å². The smallest absolute Gasteiger partial charge is 0.200 e. The lowest BCUT2D eigenvalue weighted by molar-refractivity contribution is -0.255. The van der Waals surface area contributed by atoms with E-state index in [0.717, 1.165) is 10.9 Å². The van der Waals surface area contributed by atoms with Crippen molar-refractivity contribution in [1.29, 1.82) is 0 Å². The van der Waals surface area contributed by atoms with Crippen LogP contribution >= 0.6 is 23.8 Å². The molecule has 4 rings (SSSR count). The van der Waals surface area contributed by atoms with Crippen molar-refractivity contribution in [2.45, 2.75) is 0 Å². The van der Waals surface area contributed by atoms with Crippen LogP contribution in [0, 0.1) is 4.77 Å². The summed E-state index contributed by atoms with van der Waals surface area (Å²) in [5.74, 6) is -0.899. The van der Waals surface area contributed by atoms with Crippen molar-refractivity contribution in [2.24, 2.45) is 0 Å². The molecule has 4 aromatic rings. The highest BCUT2D eigenvalue weighted by molar-refractivity contribution is 7.71. The van der Waals surface area contributed by atoms with Gasteiger partial charge in [-0.25, -0.2) is 4.98 Å². The van der Waals surface area contributed by atoms with Gasteiger partial charge >= 0.3 is 0 Å². The van der Waals surface area contributed by atoms with Crippen LogP contribution in [0.25, 0.3) is 28.1 Å². The average Bonchev–Trinajstić information content (AvgIpc) is 3.03. The molecule has 2 heterocycles. The highest BCUT2D eigenvalue weighted by Crippen LogP contribution is 2.25. The number of rotatable bonds is 3. The Labute approximate surface area is 157 Å². The van der Waals surface area contributed by atoms with Crippen LogP contribution in [-0.4, -0.2) is 25.7 Å². The zero-order valence-corrected chi connectivity index (χ0v) is 14.7. The third-order valence-electron chi connectivity index (χ3n) is 3.93. The van der Waals surface area contributed by atoms with Gasteiger partial charge in [-0.1, -0.05) is 35.9 Å². The summed E-state index contributed by atoms with van der Waals surface area (Å²) in [6.07, 6.45) is 0. The molecule has 128 valence electrons. The summed E-state index contributed by atoms with van der Waals surface area (Å²) in [5, 5.41) is 19.3. The number of carbonyl (C=O) groups is 1. The zero-order chi connectivity index (χ0) is 18.3. The second-order valence-electron chi connectivity index (χ2n) is 5.53. The number of hydrogen-bond donors (Lipinski definition) is 1. The molecule has 6 nitrogen and oxygen atoms in total. The third-order valence-corrected chi connectivity index (χ3v) is 4.53. The van der Waals surface area contributed by atoms with Gasteiger partial charge in [-0.3, -0.25) is 9.67 Å². The van der Waals surface area contributed by atoms with Crippen LogP contribution in [-0.2, 0) is 0 Å². The number of H-pyrrole nitrogens is 1. The van der Waals surface area contributed by atoms with Gasteiger partial charge in [0.05, 0.1) is 17.2 Å². The summed E-state index contributed by atoms with van der Waals surface area (Å²) in [5.41, 5.74) is 1.79. The molecule has 2 aromatic carbocycles. The van der Waals surface area contributed by atoms with Gasteiger partial charge in [-0.15, -0.1) is 0 Å². The number of carboxylic acid groups (broad SMARTS) is 1. The molecule has 0 spiro atoms. The monoisotopic (exact) mass is 381 g/mol. The maximum absolute atomic E-state index is 11.3. The third kappa shape index (κ3) is 2.77. The van der Waals surface area contributed by atoms with Crippen LogP contribution in [0.2, 0.25) is 5.02 Å². The first kappa shape index (κ1) is 16.4. The number of pyridine rings is 1. The number of aromatic carboxylic acids is 1. The summed E-state index contributed by atoms with van der Waals surface area (Å²) in [6.45, 7) is 0. The first-order valence-corrected chi connectivity index (χ1v) is 8.38. The predicted octanol–water partition coefficient (Wildman–Crippen LogP) is 3.16. The topological polar surface area (TPSA) is 86.6 Å². The summed E-state index contributed by atoms with van der Waals surface area (Å²) in [6, 6.07) is 16.0. The Morgan fingerprint density at radius 2 is 1.96 bits per heavy atom. The Morgan fingerprint density at radius 3 is 2.77 bits per heavy atom. The van der Waals surface area contributed by atoms with Gasteiger partial charge in [0.2, 0.25) is 0 Å². The van der Waals surface area contributed by atoms with Gasteiger partial charge in [0.25, 0.3) is 0 Å². The highest BCUT2D eigenvalue weighted by Gasteiger charge is 2.14. The van der Waals surface area contributed by atoms with Crippen molar-refractivity contribution >= 4 is 40.7 Å². The molecule has 0 aliphatic heterocycles. The number of hydrogen-bond acceptors (Lipinski definition) is 5. The van der Waals surface area contributed by atoms with Gasteiger partial charge in [0, 0.05) is 16.0 Å². The van der Waals surface area contributed by atoms with E-state index in [1.54, 1.807) is 10.6 Å². The molecular weight excluding hydrogens is 372 g/mol. The second kappa shape index (κ2) is 6.36. The van der Waals surface area contributed by atoms with Crippen LogP contribution in [0.1, 0.15) is 10.4 Å². The van der Waals surface area contributed by atoms with Crippen LogP contribution in [0.4, 0.5) is 0 Å². The Kier molecular flexibility index (Phi) is 4.02. The van der Waals surface area contributed by atoms with E-state index in [1.807, 2.05) is 36.4 Å². The molecule has 0 saturated carbocycles. The number of benzene rings is 2. The van der Waals surface area contributed by atoms with Gasteiger partial charge < -0.3 is 9.90 Å². The Balaban J connectivity index is 1.92. The molecule has 0 unspecified atom stereocenters. The van der Waals surface area contributed by atoms with Gasteiger partial charge in [-0.05, 0) is 42.5 Å². The Bertz CT molecular complexity index is 1220. The molecule has 26 heavy (non-hydrogen) atoms. The molecule has 0 fully saturated rings. The molecule has 0 aliphatic carbocycles. The van der Waals surface area contributed by atoms with E-state index in [9.17, 15) is 9.90 Å². The summed E-state index contributed by atoms with van der Waals surface area (Å²) in [4.78, 5) is 15.9. The summed E-state index contributed by atoms with van der Waals surface area (Å²) < 4.78 is 1.91. The maximum atomic E-state index is 11.3. The number of carbonyl (C=O) groups excluding carboxylic acids is 1. The lowest BCUT2D eigenvalue weighted by atomic mass is 10.2. The molecule has 8 heteroatoms. The molecule has 0 atom stereocenters. The lowest BCUT2D eigenvalue weighted by Crippen LogP contribution is -2.22. The van der Waals surface area contributed by atoms with E-state index < -0.39 is 5.97 Å². The van der Waals surface area contributed by atoms with E-state index in [-0.39, 0.29) is 10.6 Å². The average molecular weight is 382 g/mol. The van der Waals surface area contributed by atoms with E-state index in [4.69, 9.17) is 23.8 Å². The number of nitrogens with zero attached hydrogens (tertiary/aromatic N) is 3. The number of halogens is 1. The number of aromatic amines is 1. The van der Waals surface area contributed by atoms with Crippen molar-refractivity contribution in [3.8, 4) is 17.2 Å². The molecule has 1 N–H and O–H groups in total. The molecule has 2 aromatic heterocycles. The molecule has 0 bridgehead atoms. The van der Waals surface area contributed by atoms with Crippen LogP contribution in [0.5, 0.6) is 0 Å². The Hall–Kier alpha value is -3.03. The van der Waals surface area contributed by atoms with Gasteiger partial charge in [0.15, 0.2) is 10.6 Å². The summed E-state index contributed by atoms with van der Waals surface area (Å²) in [7, 11) is 0. The largest absolute Gasteiger partial charge is 0.545 e. The predicted molar refractivity (Wildman–Crippen MR) is 98.8 cm³/mol. The highest BCUT2D eigenvalue weighted by atomic mass is 35.5. The number of carboxylic acids is 1. The second-order valence-corrected chi connectivity index (χ2v) is 6.32. The van der Waals surface area contributed by atoms with Crippen LogP contribution < -0.4 is 5.11 Å². The van der Waals surface area contributed by atoms with Gasteiger partial charge in [0.1, 0.15) is 5.69 Å². The molecule has 0 radical (unpaired) electrons. The molecular formula is C18H10ClN4O2S-. The Morgan fingerprint density at radius 1 is 1.15 bits per heavy atom. The van der Waals surface area contributed by atoms with Crippen LogP contribution in [0.3, 0.4) is 0 Å². The van der Waals surface area contributed by atoms with E-state index in [2.05, 4.69) is 15.2 Å². The van der Waals surface area contributed by atoms with Crippen molar-refractivity contribution in [2.75, 3.05) is 0 Å². The van der Waals surface area contributed by atoms with Crippen molar-refractivity contribution in [1.82, 2.24) is 19.7 Å². The summed E-state index contributed by atoms with van der Waals surface area (Å²) >= 11 is 11.2. The number of aromatic nitrogens is 4. The minimum Gasteiger partial charge on any atom is -0.545 e. The molecule has 0 amide bonds. The fourth-order valence-corrected chi connectivity index (χ4v) is 3.14. The minimum atomic E-state index is -1.36. The van der Waals surface area contributed by atoms with E-state index >= 15 is 0 Å². The quantitative estimate of drug-likeness (QED) is 0.551. The van der Waals surface area contributed by atoms with Gasteiger partial charge in [-0.2, -0.15) is 5.10 Å². The first-order valence-electron chi connectivity index (χ1n) is 7.59. The first-order chi connectivity index (χ1) is 12.5. The molecule has 0 aliphatic rings. The zero-order valence-electron chi connectivity index (χ0n) is 13.1. The number of nitrogens with one attached hydrogen (secondary N) is 1. The lowest BCUT2D eigenvalue weighted by Gasteiger charge is -2.11. The maximum Gasteiger partial charge on any atom is 0.200 e. The minimum absolute atomic E-state index is 0.0918. The SMILES string of the molecule is O=C([O-])c1cc(-n2c(-c3ccc4ccccc4n3)n[nH]c2=S)ccc1Cl. The standard InChI is InChI=1S/C18H11ClN4O2S/c19-13-7-6-11(9-12(13)17(24)25)23-16(21-22-18(23)26)15-8-5-10-3-1-2-4-14(10)20-15/h1-9H,(H,22,26)(H,24,25)/p-1. The van der Waals surface area contributed by atoms with E-state index in [1.165, 1.54) is 12.1 Å². The number of para-hydroxylation sites is 1. The van der Waals surface area contributed by atoms with Crippen LogP contribution in [0.15, 0.2) is 54.6 Å².